The van der Waals surface area contributed by atoms with Crippen LogP contribution in [0.1, 0.15) is 400 Å². The minimum Gasteiger partial charge on any atom is -0.462 e. The molecule has 440 valence electrons. The van der Waals surface area contributed by atoms with Crippen LogP contribution in [0.3, 0.4) is 0 Å². The third-order valence-electron chi connectivity index (χ3n) is 15.9. The fourth-order valence-electron chi connectivity index (χ4n) is 10.7. The predicted molar refractivity (Wildman–Crippen MR) is 321 cm³/mol. The summed E-state index contributed by atoms with van der Waals surface area (Å²) >= 11 is 0. The van der Waals surface area contributed by atoms with E-state index in [2.05, 4.69) is 20.8 Å². The Hall–Kier alpha value is -1.59. The van der Waals surface area contributed by atoms with Gasteiger partial charge in [0.05, 0.1) is 0 Å². The second kappa shape index (κ2) is 63.9. The van der Waals surface area contributed by atoms with Gasteiger partial charge in [-0.2, -0.15) is 0 Å². The zero-order chi connectivity index (χ0) is 53.6. The summed E-state index contributed by atoms with van der Waals surface area (Å²) in [5.41, 5.74) is 0. The molecule has 0 saturated carbocycles. The third-order valence-corrected chi connectivity index (χ3v) is 15.9. The topological polar surface area (TPSA) is 78.9 Å². The van der Waals surface area contributed by atoms with Crippen molar-refractivity contribution < 1.29 is 28.6 Å². The standard InChI is InChI=1S/C68H132O6/c1-4-7-10-13-16-19-22-25-28-31-33-34-35-36-38-40-43-46-49-52-55-58-61-67(70)73-64-65(63-72-66(69)60-57-54-51-48-45-42-39-30-27-24-21-18-15-12-9-6-3)74-68(71)62-59-56-53-50-47-44-41-37-32-29-26-23-20-17-14-11-8-5-2/h65H,4-64H2,1-3H3. The molecule has 74 heavy (non-hydrogen) atoms. The number of rotatable bonds is 64. The van der Waals surface area contributed by atoms with Gasteiger partial charge < -0.3 is 14.2 Å². The minimum atomic E-state index is -0.763. The summed E-state index contributed by atoms with van der Waals surface area (Å²) < 4.78 is 17.0. The van der Waals surface area contributed by atoms with Crippen molar-refractivity contribution in [3.05, 3.63) is 0 Å². The van der Waals surface area contributed by atoms with Gasteiger partial charge in [-0.15, -0.1) is 0 Å². The first kappa shape index (κ1) is 72.4. The molecule has 0 saturated heterocycles. The molecule has 0 fully saturated rings. The summed E-state index contributed by atoms with van der Waals surface area (Å²) in [6.07, 6.45) is 74.0. The highest BCUT2D eigenvalue weighted by atomic mass is 16.6. The molecule has 0 heterocycles. The number of unbranched alkanes of at least 4 members (excludes halogenated alkanes) is 53. The lowest BCUT2D eigenvalue weighted by molar-refractivity contribution is -0.167. The van der Waals surface area contributed by atoms with Crippen molar-refractivity contribution >= 4 is 17.9 Å². The van der Waals surface area contributed by atoms with Crippen molar-refractivity contribution in [2.24, 2.45) is 0 Å². The maximum absolute atomic E-state index is 12.9. The van der Waals surface area contributed by atoms with Crippen molar-refractivity contribution in [2.75, 3.05) is 13.2 Å². The molecule has 0 rings (SSSR count). The summed E-state index contributed by atoms with van der Waals surface area (Å²) in [7, 11) is 0. The Morgan fingerprint density at radius 3 is 0.541 bits per heavy atom. The van der Waals surface area contributed by atoms with Crippen LogP contribution in [0.4, 0.5) is 0 Å². The van der Waals surface area contributed by atoms with Crippen LogP contribution < -0.4 is 0 Å². The quantitative estimate of drug-likeness (QED) is 0.0343. The van der Waals surface area contributed by atoms with Crippen LogP contribution in [0.25, 0.3) is 0 Å². The molecule has 0 aliphatic heterocycles. The van der Waals surface area contributed by atoms with Crippen molar-refractivity contribution in [1.82, 2.24) is 0 Å². The van der Waals surface area contributed by atoms with E-state index >= 15 is 0 Å². The highest BCUT2D eigenvalue weighted by Crippen LogP contribution is 2.19. The molecule has 0 aliphatic rings. The van der Waals surface area contributed by atoms with Crippen LogP contribution in [-0.4, -0.2) is 37.2 Å². The number of carbonyl (C=O) groups excluding carboxylic acids is 3. The lowest BCUT2D eigenvalue weighted by atomic mass is 10.0. The van der Waals surface area contributed by atoms with Gasteiger partial charge in [0.2, 0.25) is 0 Å². The van der Waals surface area contributed by atoms with Crippen molar-refractivity contribution in [2.45, 2.75) is 406 Å². The second-order valence-electron chi connectivity index (χ2n) is 23.5. The molecule has 0 aromatic rings. The monoisotopic (exact) mass is 1050 g/mol. The molecular weight excluding hydrogens is 913 g/mol. The van der Waals surface area contributed by atoms with E-state index in [1.54, 1.807) is 0 Å². The Labute approximate surface area is 463 Å². The molecule has 0 spiro atoms. The van der Waals surface area contributed by atoms with Gasteiger partial charge in [-0.25, -0.2) is 0 Å². The Balaban J connectivity index is 4.25. The van der Waals surface area contributed by atoms with E-state index in [0.717, 1.165) is 57.8 Å². The lowest BCUT2D eigenvalue weighted by Crippen LogP contribution is -2.30. The molecule has 0 bridgehead atoms. The van der Waals surface area contributed by atoms with E-state index in [-0.39, 0.29) is 31.1 Å². The molecule has 0 amide bonds. The van der Waals surface area contributed by atoms with Crippen LogP contribution in [0.5, 0.6) is 0 Å². The number of hydrogen-bond donors (Lipinski definition) is 0. The Kier molecular flexibility index (Phi) is 62.6. The highest BCUT2D eigenvalue weighted by Gasteiger charge is 2.19. The van der Waals surface area contributed by atoms with Gasteiger partial charge in [0.1, 0.15) is 13.2 Å². The molecule has 0 aromatic carbocycles. The average Bonchev–Trinajstić information content (AvgIpc) is 3.40. The number of hydrogen-bond acceptors (Lipinski definition) is 6. The van der Waals surface area contributed by atoms with Gasteiger partial charge in [0.15, 0.2) is 6.10 Å². The zero-order valence-electron chi connectivity index (χ0n) is 50.7. The van der Waals surface area contributed by atoms with E-state index in [9.17, 15) is 14.4 Å². The first-order chi connectivity index (χ1) is 36.5. The van der Waals surface area contributed by atoms with Crippen LogP contribution in [-0.2, 0) is 28.6 Å². The average molecular weight is 1050 g/mol. The highest BCUT2D eigenvalue weighted by molar-refractivity contribution is 5.71. The smallest absolute Gasteiger partial charge is 0.306 e. The summed E-state index contributed by atoms with van der Waals surface area (Å²) in [6, 6.07) is 0. The molecule has 0 aromatic heterocycles. The van der Waals surface area contributed by atoms with Crippen molar-refractivity contribution in [1.29, 1.82) is 0 Å². The molecule has 0 radical (unpaired) electrons. The first-order valence-corrected chi connectivity index (χ1v) is 34.0. The molecule has 0 N–H and O–H groups in total. The maximum Gasteiger partial charge on any atom is 0.306 e. The molecule has 1 atom stereocenters. The Bertz CT molecular complexity index is 1110. The maximum atomic E-state index is 12.9. The van der Waals surface area contributed by atoms with Crippen molar-refractivity contribution in [3.8, 4) is 0 Å². The third kappa shape index (κ3) is 61.3. The van der Waals surface area contributed by atoms with Gasteiger partial charge in [0, 0.05) is 19.3 Å². The molecule has 6 heteroatoms. The van der Waals surface area contributed by atoms with E-state index < -0.39 is 6.10 Å². The molecule has 1 unspecified atom stereocenters. The Morgan fingerprint density at radius 1 is 0.216 bits per heavy atom. The summed E-state index contributed by atoms with van der Waals surface area (Å²) in [4.78, 5) is 38.4. The van der Waals surface area contributed by atoms with Gasteiger partial charge in [-0.1, -0.05) is 361 Å². The van der Waals surface area contributed by atoms with Crippen LogP contribution in [0, 0.1) is 0 Å². The fraction of sp³-hybridized carbons (Fsp3) is 0.956. The van der Waals surface area contributed by atoms with E-state index in [0.29, 0.717) is 19.3 Å². The van der Waals surface area contributed by atoms with Gasteiger partial charge in [-0.05, 0) is 19.3 Å². The van der Waals surface area contributed by atoms with Crippen LogP contribution >= 0.6 is 0 Å². The number of ether oxygens (including phenoxy) is 3. The van der Waals surface area contributed by atoms with Gasteiger partial charge >= 0.3 is 17.9 Å². The van der Waals surface area contributed by atoms with Gasteiger partial charge in [0.25, 0.3) is 0 Å². The fourth-order valence-corrected chi connectivity index (χ4v) is 10.7. The van der Waals surface area contributed by atoms with E-state index in [4.69, 9.17) is 14.2 Å². The minimum absolute atomic E-state index is 0.0602. The molecule has 6 nitrogen and oxygen atoms in total. The predicted octanol–water partition coefficient (Wildman–Crippen LogP) is 23.1. The summed E-state index contributed by atoms with van der Waals surface area (Å²) in [5.74, 6) is -0.820. The summed E-state index contributed by atoms with van der Waals surface area (Å²) in [6.45, 7) is 6.74. The number of esters is 3. The van der Waals surface area contributed by atoms with Crippen LogP contribution in [0.2, 0.25) is 0 Å². The van der Waals surface area contributed by atoms with E-state index in [1.807, 2.05) is 0 Å². The zero-order valence-corrected chi connectivity index (χ0v) is 50.7. The van der Waals surface area contributed by atoms with E-state index in [1.165, 1.54) is 302 Å². The van der Waals surface area contributed by atoms with Crippen molar-refractivity contribution in [3.63, 3.8) is 0 Å². The molecule has 0 aliphatic carbocycles. The van der Waals surface area contributed by atoms with Crippen LogP contribution in [0.15, 0.2) is 0 Å². The second-order valence-corrected chi connectivity index (χ2v) is 23.5. The first-order valence-electron chi connectivity index (χ1n) is 34.0. The number of carbonyl (C=O) groups is 3. The van der Waals surface area contributed by atoms with Gasteiger partial charge in [-0.3, -0.25) is 14.4 Å². The largest absolute Gasteiger partial charge is 0.462 e. The Morgan fingerprint density at radius 2 is 0.365 bits per heavy atom. The lowest BCUT2D eigenvalue weighted by Gasteiger charge is -2.18. The normalized spacial score (nSPS) is 11.9. The SMILES string of the molecule is CCCCCCCCCCCCCCCCCCCCCCCCC(=O)OCC(COC(=O)CCCCCCCCCCCCCCCCCC)OC(=O)CCCCCCCCCCCCCCCCCCCC. The summed E-state index contributed by atoms with van der Waals surface area (Å²) in [5, 5.41) is 0. The molecular formula is C68H132O6.